The molecule has 0 saturated carbocycles. The first-order valence-corrected chi connectivity index (χ1v) is 9.08. The number of halogens is 3. The Morgan fingerprint density at radius 1 is 1.16 bits per heavy atom. The number of hydrogen-bond donors (Lipinski definition) is 2. The second kappa shape index (κ2) is 8.86. The number of nitrogens with one attached hydrogen (secondary N) is 2. The van der Waals surface area contributed by atoms with E-state index in [2.05, 4.69) is 20.7 Å². The molecule has 0 fully saturated rings. The van der Waals surface area contributed by atoms with Gasteiger partial charge in [0.15, 0.2) is 0 Å². The highest BCUT2D eigenvalue weighted by Crippen LogP contribution is 2.29. The third kappa shape index (κ3) is 5.38. The summed E-state index contributed by atoms with van der Waals surface area (Å²) in [5, 5.41) is 12.4. The van der Waals surface area contributed by atoms with Crippen molar-refractivity contribution in [2.24, 2.45) is 5.10 Å². The third-order valence-corrected chi connectivity index (χ3v) is 4.33. The summed E-state index contributed by atoms with van der Waals surface area (Å²) in [7, 11) is 3.83. The first-order valence-electron chi connectivity index (χ1n) is 9.08. The van der Waals surface area contributed by atoms with Crippen molar-refractivity contribution in [2.45, 2.75) is 12.7 Å². The second-order valence-electron chi connectivity index (χ2n) is 6.79. The predicted molar refractivity (Wildman–Crippen MR) is 109 cm³/mol. The first-order chi connectivity index (χ1) is 14.6. The van der Waals surface area contributed by atoms with E-state index in [1.54, 1.807) is 0 Å². The summed E-state index contributed by atoms with van der Waals surface area (Å²) in [6.45, 7) is -0.0647. The van der Waals surface area contributed by atoms with Crippen LogP contribution in [0.3, 0.4) is 0 Å². The number of aromatic amines is 1. The fourth-order valence-electron chi connectivity index (χ4n) is 2.58. The van der Waals surface area contributed by atoms with Crippen LogP contribution in [0.25, 0.3) is 0 Å². The lowest BCUT2D eigenvalue weighted by Gasteiger charge is -2.11. The molecular formula is C20H19F3N6O2. The quantitative estimate of drug-likeness (QED) is 0.585. The summed E-state index contributed by atoms with van der Waals surface area (Å²) in [5.41, 5.74) is 0.227. The Hall–Kier alpha value is -3.89. The summed E-state index contributed by atoms with van der Waals surface area (Å²) in [6.07, 6.45) is -3.00. The van der Waals surface area contributed by atoms with Gasteiger partial charge in [-0.1, -0.05) is 24.3 Å². The SMILES string of the molecule is CN(C)c1ccc(C=Nn2[nH]nc(C(=O)NCc3ccc(C(F)(F)F)cc3)c2=O)cc1. The molecule has 11 heteroatoms. The van der Waals surface area contributed by atoms with Crippen LogP contribution in [0.1, 0.15) is 27.2 Å². The summed E-state index contributed by atoms with van der Waals surface area (Å²) in [6, 6.07) is 11.7. The minimum absolute atomic E-state index is 0.0647. The summed E-state index contributed by atoms with van der Waals surface area (Å²) < 4.78 is 37.8. The fourth-order valence-corrected chi connectivity index (χ4v) is 2.58. The van der Waals surface area contributed by atoms with Gasteiger partial charge in [0.1, 0.15) is 0 Å². The minimum atomic E-state index is -4.43. The number of nitrogens with zero attached hydrogens (tertiary/aromatic N) is 4. The van der Waals surface area contributed by atoms with Gasteiger partial charge in [0.2, 0.25) is 5.69 Å². The maximum absolute atomic E-state index is 12.6. The van der Waals surface area contributed by atoms with E-state index in [-0.39, 0.29) is 6.54 Å². The van der Waals surface area contributed by atoms with Crippen LogP contribution in [0.5, 0.6) is 0 Å². The second-order valence-corrected chi connectivity index (χ2v) is 6.79. The zero-order valence-electron chi connectivity index (χ0n) is 16.6. The van der Waals surface area contributed by atoms with Gasteiger partial charge >= 0.3 is 11.7 Å². The number of H-pyrrole nitrogens is 1. The molecule has 0 radical (unpaired) electrons. The maximum atomic E-state index is 12.6. The van der Waals surface area contributed by atoms with Crippen molar-refractivity contribution >= 4 is 17.8 Å². The molecule has 0 aliphatic rings. The number of alkyl halides is 3. The number of anilines is 1. The van der Waals surface area contributed by atoms with E-state index in [1.807, 2.05) is 43.3 Å². The minimum Gasteiger partial charge on any atom is -0.378 e. The van der Waals surface area contributed by atoms with Gasteiger partial charge in [0.05, 0.1) is 11.8 Å². The number of carbonyl (C=O) groups is 1. The number of rotatable bonds is 6. The molecule has 0 atom stereocenters. The van der Waals surface area contributed by atoms with E-state index in [0.717, 1.165) is 28.2 Å². The Labute approximate surface area is 175 Å². The average molecular weight is 432 g/mol. The van der Waals surface area contributed by atoms with Crippen LogP contribution in [0, 0.1) is 0 Å². The van der Waals surface area contributed by atoms with Crippen molar-refractivity contribution < 1.29 is 18.0 Å². The fraction of sp³-hybridized carbons (Fsp3) is 0.200. The van der Waals surface area contributed by atoms with Gasteiger partial charge < -0.3 is 10.2 Å². The van der Waals surface area contributed by atoms with Crippen LogP contribution in [0.2, 0.25) is 0 Å². The lowest BCUT2D eigenvalue weighted by atomic mass is 10.1. The Kier molecular flexibility index (Phi) is 6.23. The van der Waals surface area contributed by atoms with E-state index in [9.17, 15) is 22.8 Å². The van der Waals surface area contributed by atoms with E-state index in [1.165, 1.54) is 18.3 Å². The van der Waals surface area contributed by atoms with Crippen LogP contribution >= 0.6 is 0 Å². The highest BCUT2D eigenvalue weighted by atomic mass is 19.4. The molecule has 3 aromatic rings. The molecular weight excluding hydrogens is 413 g/mol. The van der Waals surface area contributed by atoms with E-state index < -0.39 is 28.9 Å². The van der Waals surface area contributed by atoms with Gasteiger partial charge in [-0.3, -0.25) is 9.59 Å². The summed E-state index contributed by atoms with van der Waals surface area (Å²) in [4.78, 5) is 27.3. The number of aromatic nitrogens is 3. The standard InChI is InChI=1S/C20H19F3N6O2/c1-28(2)16-9-5-14(6-10-16)12-25-29-19(31)17(26-27-29)18(30)24-11-13-3-7-15(8-4-13)20(21,22)23/h3-10,12,27H,11H2,1-2H3,(H,24,30). The molecule has 1 heterocycles. The monoisotopic (exact) mass is 432 g/mol. The molecule has 1 aromatic heterocycles. The number of carbonyl (C=O) groups excluding carboxylic acids is 1. The zero-order chi connectivity index (χ0) is 22.6. The van der Waals surface area contributed by atoms with Crippen molar-refractivity contribution in [1.29, 1.82) is 0 Å². The number of hydrogen-bond acceptors (Lipinski definition) is 5. The Morgan fingerprint density at radius 3 is 2.39 bits per heavy atom. The molecule has 31 heavy (non-hydrogen) atoms. The average Bonchev–Trinajstić information content (AvgIpc) is 3.11. The summed E-state index contributed by atoms with van der Waals surface area (Å²) >= 11 is 0. The van der Waals surface area contributed by atoms with Crippen molar-refractivity contribution in [3.63, 3.8) is 0 Å². The molecule has 2 N–H and O–H groups in total. The Morgan fingerprint density at radius 2 is 1.81 bits per heavy atom. The molecule has 0 unspecified atom stereocenters. The third-order valence-electron chi connectivity index (χ3n) is 4.33. The van der Waals surface area contributed by atoms with Crippen LogP contribution < -0.4 is 15.8 Å². The van der Waals surface area contributed by atoms with E-state index in [4.69, 9.17) is 0 Å². The van der Waals surface area contributed by atoms with Crippen molar-refractivity contribution in [3.8, 4) is 0 Å². The van der Waals surface area contributed by atoms with Gasteiger partial charge in [0.25, 0.3) is 5.91 Å². The highest BCUT2D eigenvalue weighted by Gasteiger charge is 2.29. The van der Waals surface area contributed by atoms with Gasteiger partial charge in [-0.15, -0.1) is 9.89 Å². The Bertz CT molecular complexity index is 1130. The van der Waals surface area contributed by atoms with E-state index in [0.29, 0.717) is 5.56 Å². The van der Waals surface area contributed by atoms with Gasteiger partial charge in [-0.2, -0.15) is 23.5 Å². The van der Waals surface area contributed by atoms with Gasteiger partial charge in [-0.25, -0.2) is 0 Å². The highest BCUT2D eigenvalue weighted by molar-refractivity contribution is 5.91. The first kappa shape index (κ1) is 21.8. The maximum Gasteiger partial charge on any atom is 0.416 e. The number of amides is 1. The molecule has 0 bridgehead atoms. The molecule has 162 valence electrons. The topological polar surface area (TPSA) is 95.4 Å². The van der Waals surface area contributed by atoms with Crippen molar-refractivity contribution in [3.05, 3.63) is 81.3 Å². The number of benzene rings is 2. The smallest absolute Gasteiger partial charge is 0.378 e. The zero-order valence-corrected chi connectivity index (χ0v) is 16.6. The molecule has 0 aliphatic carbocycles. The van der Waals surface area contributed by atoms with Crippen LogP contribution in [0.15, 0.2) is 58.4 Å². The van der Waals surface area contributed by atoms with Crippen molar-refractivity contribution in [2.75, 3.05) is 19.0 Å². The lowest BCUT2D eigenvalue weighted by molar-refractivity contribution is -0.137. The molecule has 0 aliphatic heterocycles. The van der Waals surface area contributed by atoms with Crippen LogP contribution in [0.4, 0.5) is 18.9 Å². The van der Waals surface area contributed by atoms with Gasteiger partial charge in [-0.05, 0) is 35.4 Å². The Balaban J connectivity index is 1.63. The molecule has 0 saturated heterocycles. The molecule has 8 nitrogen and oxygen atoms in total. The van der Waals surface area contributed by atoms with E-state index >= 15 is 0 Å². The molecule has 3 rings (SSSR count). The molecule has 1 amide bonds. The predicted octanol–water partition coefficient (Wildman–Crippen LogP) is 2.47. The molecule has 0 spiro atoms. The largest absolute Gasteiger partial charge is 0.416 e. The summed E-state index contributed by atoms with van der Waals surface area (Å²) in [5.74, 6) is -0.773. The normalized spacial score (nSPS) is 11.6. The van der Waals surface area contributed by atoms with Gasteiger partial charge in [0, 0.05) is 26.3 Å². The van der Waals surface area contributed by atoms with Crippen molar-refractivity contribution in [1.82, 2.24) is 20.4 Å². The molecule has 2 aromatic carbocycles. The van der Waals surface area contributed by atoms with Crippen LogP contribution in [-0.4, -0.2) is 41.3 Å². The lowest BCUT2D eigenvalue weighted by Crippen LogP contribution is -2.29. The van der Waals surface area contributed by atoms with Crippen LogP contribution in [-0.2, 0) is 12.7 Å².